The monoisotopic (exact) mass is 339 g/mol. The van der Waals surface area contributed by atoms with Gasteiger partial charge in [0.25, 0.3) is 5.91 Å². The van der Waals surface area contributed by atoms with Crippen LogP contribution in [0.5, 0.6) is 0 Å². The van der Waals surface area contributed by atoms with Crippen LogP contribution in [0.15, 0.2) is 85.2 Å². The standard InChI is InChI=1S/C22H17N3O/c26-22(25-18-10-5-2-6-11-18)20(16-8-3-1-4-9-16)14-17-15-24-21-19(17)12-7-13-23-21/h1-15H,(H,23,24)(H,25,26). The van der Waals surface area contributed by atoms with Crippen LogP contribution in [-0.4, -0.2) is 15.9 Å². The summed E-state index contributed by atoms with van der Waals surface area (Å²) in [5, 5.41) is 3.95. The molecule has 1 amide bonds. The van der Waals surface area contributed by atoms with Crippen molar-refractivity contribution in [1.29, 1.82) is 0 Å². The van der Waals surface area contributed by atoms with Gasteiger partial charge in [0.15, 0.2) is 0 Å². The van der Waals surface area contributed by atoms with E-state index in [2.05, 4.69) is 15.3 Å². The fourth-order valence-electron chi connectivity index (χ4n) is 2.87. The molecule has 0 fully saturated rings. The van der Waals surface area contributed by atoms with E-state index in [4.69, 9.17) is 0 Å². The molecule has 0 bridgehead atoms. The Morgan fingerprint density at radius 1 is 0.923 bits per heavy atom. The number of para-hydroxylation sites is 1. The number of anilines is 1. The van der Waals surface area contributed by atoms with Gasteiger partial charge in [-0.1, -0.05) is 48.5 Å². The van der Waals surface area contributed by atoms with Crippen molar-refractivity contribution in [2.45, 2.75) is 0 Å². The van der Waals surface area contributed by atoms with Gasteiger partial charge in [-0.3, -0.25) is 4.79 Å². The number of carbonyl (C=O) groups excluding carboxylic acids is 1. The second kappa shape index (κ2) is 7.07. The summed E-state index contributed by atoms with van der Waals surface area (Å²) in [6, 6.07) is 23.0. The Morgan fingerprint density at radius 3 is 2.42 bits per heavy atom. The Bertz CT molecular complexity index is 1070. The zero-order valence-corrected chi connectivity index (χ0v) is 14.0. The van der Waals surface area contributed by atoms with Gasteiger partial charge >= 0.3 is 0 Å². The van der Waals surface area contributed by atoms with Gasteiger partial charge in [-0.25, -0.2) is 4.98 Å². The lowest BCUT2D eigenvalue weighted by Crippen LogP contribution is -2.13. The highest BCUT2D eigenvalue weighted by atomic mass is 16.1. The normalized spacial score (nSPS) is 11.5. The van der Waals surface area contributed by atoms with Gasteiger partial charge in [-0.15, -0.1) is 0 Å². The van der Waals surface area contributed by atoms with Gasteiger partial charge in [0.05, 0.1) is 0 Å². The molecule has 0 saturated heterocycles. The molecule has 4 heteroatoms. The van der Waals surface area contributed by atoms with Crippen molar-refractivity contribution < 1.29 is 4.79 Å². The Kier molecular flexibility index (Phi) is 4.31. The summed E-state index contributed by atoms with van der Waals surface area (Å²) in [6.45, 7) is 0. The average Bonchev–Trinajstić information content (AvgIpc) is 3.10. The smallest absolute Gasteiger partial charge is 0.256 e. The Labute approximate surface area is 151 Å². The average molecular weight is 339 g/mol. The van der Waals surface area contributed by atoms with Crippen molar-refractivity contribution in [1.82, 2.24) is 9.97 Å². The highest BCUT2D eigenvalue weighted by molar-refractivity contribution is 6.29. The van der Waals surface area contributed by atoms with Crippen LogP contribution in [0.25, 0.3) is 22.7 Å². The molecule has 2 aromatic carbocycles. The molecule has 0 aliphatic carbocycles. The Balaban J connectivity index is 1.77. The van der Waals surface area contributed by atoms with Crippen LogP contribution in [0, 0.1) is 0 Å². The molecule has 126 valence electrons. The van der Waals surface area contributed by atoms with Crippen LogP contribution < -0.4 is 5.32 Å². The molecule has 0 atom stereocenters. The summed E-state index contributed by atoms with van der Waals surface area (Å²) in [4.78, 5) is 20.4. The molecule has 4 aromatic rings. The first kappa shape index (κ1) is 15.8. The topological polar surface area (TPSA) is 57.8 Å². The zero-order valence-electron chi connectivity index (χ0n) is 14.0. The molecule has 2 N–H and O–H groups in total. The maximum absolute atomic E-state index is 13.0. The first-order chi connectivity index (χ1) is 12.8. The van der Waals surface area contributed by atoms with E-state index in [1.54, 1.807) is 6.20 Å². The van der Waals surface area contributed by atoms with Crippen molar-refractivity contribution >= 4 is 34.3 Å². The number of H-pyrrole nitrogens is 1. The summed E-state index contributed by atoms with van der Waals surface area (Å²) in [5.41, 5.74) is 3.95. The maximum atomic E-state index is 13.0. The Hall–Kier alpha value is -3.66. The van der Waals surface area contributed by atoms with Gasteiger partial charge < -0.3 is 10.3 Å². The van der Waals surface area contributed by atoms with E-state index in [0.717, 1.165) is 27.8 Å². The molecule has 26 heavy (non-hydrogen) atoms. The lowest BCUT2D eigenvalue weighted by atomic mass is 10.0. The highest BCUT2D eigenvalue weighted by Crippen LogP contribution is 2.24. The second-order valence-corrected chi connectivity index (χ2v) is 5.89. The molecular formula is C22H17N3O. The fraction of sp³-hybridized carbons (Fsp3) is 0. The largest absolute Gasteiger partial charge is 0.346 e. The number of fused-ring (bicyclic) bond motifs is 1. The number of amides is 1. The quantitative estimate of drug-likeness (QED) is 0.528. The van der Waals surface area contributed by atoms with E-state index in [0.29, 0.717) is 5.57 Å². The van der Waals surface area contributed by atoms with E-state index in [9.17, 15) is 4.79 Å². The number of hydrogen-bond acceptors (Lipinski definition) is 2. The zero-order chi connectivity index (χ0) is 17.8. The molecule has 0 unspecified atom stereocenters. The fourth-order valence-corrected chi connectivity index (χ4v) is 2.87. The first-order valence-corrected chi connectivity index (χ1v) is 8.37. The summed E-state index contributed by atoms with van der Waals surface area (Å²) in [5.74, 6) is -0.152. The number of carbonyl (C=O) groups is 1. The van der Waals surface area contributed by atoms with Crippen LogP contribution in [0.3, 0.4) is 0 Å². The van der Waals surface area contributed by atoms with Crippen LogP contribution in [0.1, 0.15) is 11.1 Å². The SMILES string of the molecule is O=C(Nc1ccccc1)C(=Cc1c[nH]c2ncccc12)c1ccccc1. The van der Waals surface area contributed by atoms with Crippen molar-refractivity contribution in [3.05, 3.63) is 96.3 Å². The summed E-state index contributed by atoms with van der Waals surface area (Å²) in [7, 11) is 0. The van der Waals surface area contributed by atoms with Crippen LogP contribution in [-0.2, 0) is 4.79 Å². The predicted octanol–water partition coefficient (Wildman–Crippen LogP) is 4.74. The summed E-state index contributed by atoms with van der Waals surface area (Å²) >= 11 is 0. The number of aromatic amines is 1. The maximum Gasteiger partial charge on any atom is 0.256 e. The lowest BCUT2D eigenvalue weighted by molar-refractivity contribution is -0.111. The van der Waals surface area contributed by atoms with Crippen molar-refractivity contribution in [2.75, 3.05) is 5.32 Å². The van der Waals surface area contributed by atoms with Gasteiger partial charge in [0.2, 0.25) is 0 Å². The second-order valence-electron chi connectivity index (χ2n) is 5.89. The van der Waals surface area contributed by atoms with Gasteiger partial charge in [-0.05, 0) is 35.9 Å². The first-order valence-electron chi connectivity index (χ1n) is 8.37. The van der Waals surface area contributed by atoms with E-state index in [1.807, 2.05) is 85.1 Å². The summed E-state index contributed by atoms with van der Waals surface area (Å²) in [6.07, 6.45) is 5.51. The Morgan fingerprint density at radius 2 is 1.65 bits per heavy atom. The summed E-state index contributed by atoms with van der Waals surface area (Å²) < 4.78 is 0. The van der Waals surface area contributed by atoms with E-state index < -0.39 is 0 Å². The van der Waals surface area contributed by atoms with E-state index in [1.165, 1.54) is 0 Å². The molecule has 0 saturated carbocycles. The molecule has 0 spiro atoms. The lowest BCUT2D eigenvalue weighted by Gasteiger charge is -2.09. The predicted molar refractivity (Wildman–Crippen MR) is 105 cm³/mol. The third-order valence-electron chi connectivity index (χ3n) is 4.14. The minimum absolute atomic E-state index is 0.152. The molecule has 0 aliphatic heterocycles. The van der Waals surface area contributed by atoms with Crippen LogP contribution in [0.4, 0.5) is 5.69 Å². The number of nitrogens with zero attached hydrogens (tertiary/aromatic N) is 1. The third kappa shape index (κ3) is 3.26. The third-order valence-corrected chi connectivity index (χ3v) is 4.14. The number of hydrogen-bond donors (Lipinski definition) is 2. The van der Waals surface area contributed by atoms with Gasteiger partial charge in [0, 0.05) is 34.6 Å². The minimum Gasteiger partial charge on any atom is -0.346 e. The highest BCUT2D eigenvalue weighted by Gasteiger charge is 2.14. The van der Waals surface area contributed by atoms with Gasteiger partial charge in [0.1, 0.15) is 5.65 Å². The molecule has 4 nitrogen and oxygen atoms in total. The van der Waals surface area contributed by atoms with Crippen LogP contribution in [0.2, 0.25) is 0 Å². The minimum atomic E-state index is -0.152. The van der Waals surface area contributed by atoms with Gasteiger partial charge in [-0.2, -0.15) is 0 Å². The van der Waals surface area contributed by atoms with E-state index in [-0.39, 0.29) is 5.91 Å². The number of nitrogens with one attached hydrogen (secondary N) is 2. The molecule has 0 radical (unpaired) electrons. The number of benzene rings is 2. The molecule has 4 rings (SSSR count). The molecule has 0 aliphatic rings. The van der Waals surface area contributed by atoms with E-state index >= 15 is 0 Å². The molecular weight excluding hydrogens is 322 g/mol. The van der Waals surface area contributed by atoms with Crippen molar-refractivity contribution in [2.24, 2.45) is 0 Å². The van der Waals surface area contributed by atoms with Crippen LogP contribution >= 0.6 is 0 Å². The number of aromatic nitrogens is 2. The number of rotatable bonds is 4. The molecule has 2 aromatic heterocycles. The number of pyridine rings is 1. The van der Waals surface area contributed by atoms with Crippen molar-refractivity contribution in [3.8, 4) is 0 Å². The van der Waals surface area contributed by atoms with Crippen molar-refractivity contribution in [3.63, 3.8) is 0 Å². The molecule has 2 heterocycles.